The van der Waals surface area contributed by atoms with Gasteiger partial charge in [-0.05, 0) is 52.4 Å². The maximum Gasteiger partial charge on any atom is 0.137 e. The zero-order chi connectivity index (χ0) is 10.6. The van der Waals surface area contributed by atoms with Gasteiger partial charge in [-0.3, -0.25) is 0 Å². The monoisotopic (exact) mass is 269 g/mol. The number of hydrogen-bond donors (Lipinski definition) is 1. The molecule has 0 aliphatic heterocycles. The van der Waals surface area contributed by atoms with Crippen molar-refractivity contribution >= 4 is 21.6 Å². The summed E-state index contributed by atoms with van der Waals surface area (Å²) in [5.74, 6) is 0.583. The van der Waals surface area contributed by atoms with Crippen molar-refractivity contribution < 1.29 is 9.60 Å². The van der Waals surface area contributed by atoms with Crippen molar-refractivity contribution in [1.82, 2.24) is 0 Å². The molecule has 1 saturated carbocycles. The van der Waals surface area contributed by atoms with Crippen LogP contribution < -0.4 is 0 Å². The van der Waals surface area contributed by atoms with Crippen molar-refractivity contribution in [3.63, 3.8) is 0 Å². The van der Waals surface area contributed by atoms with E-state index in [2.05, 4.69) is 21.1 Å². The molecule has 2 nitrogen and oxygen atoms in total. The molecular formula is C11H9BrFNO. The fraction of sp³-hybridized carbons (Fsp3) is 0.364. The van der Waals surface area contributed by atoms with E-state index in [4.69, 9.17) is 5.21 Å². The van der Waals surface area contributed by atoms with E-state index in [1.165, 1.54) is 0 Å². The molecule has 1 fully saturated rings. The predicted octanol–water partition coefficient (Wildman–Crippen LogP) is 3.27. The topological polar surface area (TPSA) is 32.6 Å². The van der Waals surface area contributed by atoms with Gasteiger partial charge in [0.2, 0.25) is 0 Å². The molecule has 0 unspecified atom stereocenters. The van der Waals surface area contributed by atoms with E-state index in [1.54, 1.807) is 12.1 Å². The normalized spacial score (nSPS) is 29.9. The first-order chi connectivity index (χ1) is 7.20. The highest BCUT2D eigenvalue weighted by atomic mass is 79.9. The van der Waals surface area contributed by atoms with Gasteiger partial charge < -0.3 is 5.21 Å². The van der Waals surface area contributed by atoms with Crippen LogP contribution in [0, 0.1) is 11.7 Å². The Balaban J connectivity index is 2.24. The second kappa shape index (κ2) is 3.04. The number of rotatable bonds is 0. The van der Waals surface area contributed by atoms with E-state index < -0.39 is 0 Å². The maximum atomic E-state index is 13.4. The van der Waals surface area contributed by atoms with Gasteiger partial charge in [0.25, 0.3) is 0 Å². The Kier molecular flexibility index (Phi) is 1.89. The Hall–Kier alpha value is -0.900. The van der Waals surface area contributed by atoms with Crippen LogP contribution in [0.4, 0.5) is 4.39 Å². The van der Waals surface area contributed by atoms with Crippen LogP contribution in [0.25, 0.3) is 0 Å². The zero-order valence-electron chi connectivity index (χ0n) is 7.87. The third kappa shape index (κ3) is 1.17. The first-order valence-electron chi connectivity index (χ1n) is 4.92. The Morgan fingerprint density at radius 1 is 1.33 bits per heavy atom. The van der Waals surface area contributed by atoms with Crippen LogP contribution in [0.15, 0.2) is 21.8 Å². The molecule has 2 bridgehead atoms. The molecule has 0 saturated heterocycles. The second-order valence-corrected chi connectivity index (χ2v) is 5.06. The van der Waals surface area contributed by atoms with Crippen LogP contribution in [0.5, 0.6) is 0 Å². The Bertz CT molecular complexity index is 466. The highest BCUT2D eigenvalue weighted by Gasteiger charge is 2.42. The lowest BCUT2D eigenvalue weighted by Crippen LogP contribution is -2.36. The van der Waals surface area contributed by atoms with Crippen LogP contribution in [-0.4, -0.2) is 10.9 Å². The quantitative estimate of drug-likeness (QED) is 0.569. The first kappa shape index (κ1) is 9.33. The van der Waals surface area contributed by atoms with Gasteiger partial charge in [-0.25, -0.2) is 4.39 Å². The largest absolute Gasteiger partial charge is 0.411 e. The summed E-state index contributed by atoms with van der Waals surface area (Å²) in [6.07, 6.45) is 1.99. The standard InChI is InChI=1S/C11H9BrFNO/c12-9-3-8-7(4-10(9)13)5-1-6(2-5)11(8)14-15/h3-6,15H,1-2H2/b14-11-. The molecule has 78 valence electrons. The highest BCUT2D eigenvalue weighted by Crippen LogP contribution is 2.50. The van der Waals surface area contributed by atoms with Crippen LogP contribution in [0.3, 0.4) is 0 Å². The molecule has 15 heavy (non-hydrogen) atoms. The van der Waals surface area contributed by atoms with Gasteiger partial charge in [0.1, 0.15) is 5.82 Å². The number of nitrogens with zero attached hydrogens (tertiary/aromatic N) is 1. The van der Waals surface area contributed by atoms with E-state index in [0.717, 1.165) is 24.0 Å². The fourth-order valence-corrected chi connectivity index (χ4v) is 2.92. The third-order valence-corrected chi connectivity index (χ3v) is 4.05. The van der Waals surface area contributed by atoms with Gasteiger partial charge in [0, 0.05) is 11.5 Å². The molecule has 0 heterocycles. The van der Waals surface area contributed by atoms with Crippen molar-refractivity contribution in [2.45, 2.75) is 18.8 Å². The molecule has 0 radical (unpaired) electrons. The predicted molar refractivity (Wildman–Crippen MR) is 57.9 cm³/mol. The minimum Gasteiger partial charge on any atom is -0.411 e. The van der Waals surface area contributed by atoms with Gasteiger partial charge in [-0.15, -0.1) is 0 Å². The van der Waals surface area contributed by atoms with Crippen LogP contribution in [0.1, 0.15) is 29.9 Å². The average Bonchev–Trinajstić information content (AvgIpc) is 2.16. The van der Waals surface area contributed by atoms with Gasteiger partial charge in [0.15, 0.2) is 0 Å². The average molecular weight is 270 g/mol. The van der Waals surface area contributed by atoms with Crippen LogP contribution >= 0.6 is 15.9 Å². The van der Waals surface area contributed by atoms with Gasteiger partial charge in [-0.1, -0.05) is 5.16 Å². The van der Waals surface area contributed by atoms with Crippen molar-refractivity contribution in [2.75, 3.05) is 0 Å². The molecule has 0 aromatic heterocycles. The summed E-state index contributed by atoms with van der Waals surface area (Å²) in [4.78, 5) is 0. The molecule has 0 spiro atoms. The summed E-state index contributed by atoms with van der Waals surface area (Å²) in [5.41, 5.74) is 2.61. The first-order valence-corrected chi connectivity index (χ1v) is 5.71. The van der Waals surface area contributed by atoms with Crippen molar-refractivity contribution in [1.29, 1.82) is 0 Å². The fourth-order valence-electron chi connectivity index (χ4n) is 2.57. The lowest BCUT2D eigenvalue weighted by atomic mass is 9.61. The second-order valence-electron chi connectivity index (χ2n) is 4.20. The van der Waals surface area contributed by atoms with E-state index in [0.29, 0.717) is 22.0 Å². The Morgan fingerprint density at radius 2 is 2.07 bits per heavy atom. The molecule has 0 amide bonds. The number of hydrogen-bond acceptors (Lipinski definition) is 2. The molecule has 1 N–H and O–H groups in total. The summed E-state index contributed by atoms with van der Waals surface area (Å²) in [6, 6.07) is 3.28. The van der Waals surface area contributed by atoms with Crippen molar-refractivity contribution in [3.8, 4) is 0 Å². The van der Waals surface area contributed by atoms with E-state index >= 15 is 0 Å². The van der Waals surface area contributed by atoms with Gasteiger partial charge >= 0.3 is 0 Å². The van der Waals surface area contributed by atoms with Crippen LogP contribution in [0.2, 0.25) is 0 Å². The maximum absolute atomic E-state index is 13.4. The van der Waals surface area contributed by atoms with Crippen molar-refractivity contribution in [2.24, 2.45) is 11.1 Å². The molecule has 1 aromatic rings. The van der Waals surface area contributed by atoms with Crippen molar-refractivity contribution in [3.05, 3.63) is 33.5 Å². The minimum atomic E-state index is -0.239. The Morgan fingerprint density at radius 3 is 2.73 bits per heavy atom. The molecule has 1 aromatic carbocycles. The van der Waals surface area contributed by atoms with Crippen LogP contribution in [-0.2, 0) is 0 Å². The highest BCUT2D eigenvalue weighted by molar-refractivity contribution is 9.10. The smallest absolute Gasteiger partial charge is 0.137 e. The summed E-state index contributed by atoms with van der Waals surface area (Å²) in [5, 5.41) is 12.3. The molecule has 3 aliphatic rings. The number of benzene rings is 1. The zero-order valence-corrected chi connectivity index (χ0v) is 9.46. The van der Waals surface area contributed by atoms with E-state index in [1.807, 2.05) is 0 Å². The third-order valence-electron chi connectivity index (χ3n) is 3.44. The molecule has 4 heteroatoms. The Labute approximate surface area is 94.9 Å². The molecule has 3 aliphatic carbocycles. The minimum absolute atomic E-state index is 0.239. The lowest BCUT2D eigenvalue weighted by molar-refractivity contribution is 0.286. The molecule has 0 atom stereocenters. The molecule has 4 rings (SSSR count). The molecular weight excluding hydrogens is 261 g/mol. The number of oxime groups is 1. The van der Waals surface area contributed by atoms with Gasteiger partial charge in [-0.2, -0.15) is 0 Å². The lowest BCUT2D eigenvalue weighted by Gasteiger charge is -2.42. The van der Waals surface area contributed by atoms with E-state index in [-0.39, 0.29) is 5.82 Å². The number of halogens is 2. The SMILES string of the molecule is O/N=C1\c2cc(Br)c(F)cc2C2CC1C2. The summed E-state index contributed by atoms with van der Waals surface area (Å²) in [6.45, 7) is 0. The summed E-state index contributed by atoms with van der Waals surface area (Å²) < 4.78 is 13.8. The summed E-state index contributed by atoms with van der Waals surface area (Å²) >= 11 is 3.15. The van der Waals surface area contributed by atoms with Gasteiger partial charge in [0.05, 0.1) is 10.2 Å². The van der Waals surface area contributed by atoms with E-state index in [9.17, 15) is 4.39 Å². The summed E-state index contributed by atoms with van der Waals surface area (Å²) in [7, 11) is 0.